The second kappa shape index (κ2) is 10.8. The van der Waals surface area contributed by atoms with Crippen LogP contribution in [0.2, 0.25) is 0 Å². The van der Waals surface area contributed by atoms with Gasteiger partial charge in [-0.2, -0.15) is 0 Å². The number of hydrogen-bond acceptors (Lipinski definition) is 2. The Hall–Kier alpha value is -5.08. The van der Waals surface area contributed by atoms with Gasteiger partial charge in [-0.15, -0.1) is 0 Å². The molecule has 7 aliphatic rings. The van der Waals surface area contributed by atoms with E-state index >= 15 is 0 Å². The molecular weight excluding hydrogens is 655 g/mol. The number of furan rings is 1. The van der Waals surface area contributed by atoms with Crippen molar-refractivity contribution in [2.24, 2.45) is 23.7 Å². The van der Waals surface area contributed by atoms with Crippen molar-refractivity contribution >= 4 is 39.0 Å². The third kappa shape index (κ3) is 3.77. The van der Waals surface area contributed by atoms with Crippen LogP contribution in [0.15, 0.2) is 132 Å². The first-order valence-electron chi connectivity index (χ1n) is 20.9. The molecule has 7 aliphatic carbocycles. The SMILES string of the molecule is c1ccc2c(c1)-c1cc(N(c3ccc4c(c3)-c3ccccc3C43C4CC5CC(C4)CC3C5)c3cccc4oc5ccccc5c34)ccc1C21CCCCC1. The van der Waals surface area contributed by atoms with Gasteiger partial charge in [0.1, 0.15) is 11.2 Å². The summed E-state index contributed by atoms with van der Waals surface area (Å²) in [6.07, 6.45) is 13.5. The van der Waals surface area contributed by atoms with Gasteiger partial charge in [-0.05, 0) is 156 Å². The number of nitrogens with zero attached hydrogens (tertiary/aromatic N) is 1. The van der Waals surface area contributed by atoms with Crippen LogP contribution in [0.25, 0.3) is 44.2 Å². The predicted octanol–water partition coefficient (Wildman–Crippen LogP) is 14.0. The minimum atomic E-state index is 0.137. The van der Waals surface area contributed by atoms with Crippen molar-refractivity contribution < 1.29 is 4.42 Å². The molecule has 5 saturated carbocycles. The molecule has 2 nitrogen and oxygen atoms in total. The molecule has 5 fully saturated rings. The average Bonchev–Trinajstić information content (AvgIpc) is 3.83. The van der Waals surface area contributed by atoms with Crippen LogP contribution in [0.1, 0.15) is 86.5 Å². The summed E-state index contributed by atoms with van der Waals surface area (Å²) in [7, 11) is 0. The first kappa shape index (κ1) is 30.3. The molecule has 54 heavy (non-hydrogen) atoms. The normalized spacial score (nSPS) is 26.4. The number of anilines is 3. The molecular formula is C52H45NO. The number of fused-ring (bicyclic) bond motifs is 11. The molecule has 0 N–H and O–H groups in total. The maximum absolute atomic E-state index is 6.53. The number of hydrogen-bond donors (Lipinski definition) is 0. The van der Waals surface area contributed by atoms with E-state index in [1.165, 1.54) is 120 Å². The van der Waals surface area contributed by atoms with E-state index in [-0.39, 0.29) is 10.8 Å². The van der Waals surface area contributed by atoms with E-state index in [2.05, 4.69) is 132 Å². The fraction of sp³-hybridized carbons (Fsp3) is 0.308. The van der Waals surface area contributed by atoms with Gasteiger partial charge in [0, 0.05) is 27.6 Å². The minimum absolute atomic E-state index is 0.137. The quantitative estimate of drug-likeness (QED) is 0.183. The molecule has 0 amide bonds. The molecule has 0 radical (unpaired) electrons. The van der Waals surface area contributed by atoms with E-state index in [4.69, 9.17) is 4.42 Å². The monoisotopic (exact) mass is 699 g/mol. The van der Waals surface area contributed by atoms with Crippen molar-refractivity contribution in [3.8, 4) is 22.3 Å². The smallest absolute Gasteiger partial charge is 0.137 e. The lowest BCUT2D eigenvalue weighted by molar-refractivity contribution is -0.0399. The van der Waals surface area contributed by atoms with E-state index in [1.807, 2.05) is 0 Å². The highest BCUT2D eigenvalue weighted by atomic mass is 16.3. The Labute approximate surface area is 317 Å². The highest BCUT2D eigenvalue weighted by Gasteiger charge is 2.61. The number of para-hydroxylation sites is 1. The maximum atomic E-state index is 6.53. The van der Waals surface area contributed by atoms with Crippen LogP contribution in [-0.4, -0.2) is 0 Å². The van der Waals surface area contributed by atoms with Gasteiger partial charge in [0.05, 0.1) is 11.1 Å². The molecule has 2 spiro atoms. The van der Waals surface area contributed by atoms with E-state index in [0.717, 1.165) is 34.8 Å². The minimum Gasteiger partial charge on any atom is -0.456 e. The highest BCUT2D eigenvalue weighted by molar-refractivity contribution is 6.13. The lowest BCUT2D eigenvalue weighted by Crippen LogP contribution is -2.55. The topological polar surface area (TPSA) is 16.4 Å². The molecule has 0 aliphatic heterocycles. The third-order valence-corrected chi connectivity index (χ3v) is 15.6. The number of benzene rings is 6. The van der Waals surface area contributed by atoms with Crippen LogP contribution in [-0.2, 0) is 10.8 Å². The molecule has 264 valence electrons. The molecule has 6 aromatic carbocycles. The predicted molar refractivity (Wildman–Crippen MR) is 221 cm³/mol. The molecule has 7 aromatic rings. The van der Waals surface area contributed by atoms with Crippen LogP contribution in [0.5, 0.6) is 0 Å². The van der Waals surface area contributed by atoms with Crippen LogP contribution in [0, 0.1) is 23.7 Å². The Morgan fingerprint density at radius 2 is 1.06 bits per heavy atom. The van der Waals surface area contributed by atoms with E-state index in [0.29, 0.717) is 0 Å². The van der Waals surface area contributed by atoms with Crippen LogP contribution in [0.4, 0.5) is 17.1 Å². The summed E-state index contributed by atoms with van der Waals surface area (Å²) >= 11 is 0. The van der Waals surface area contributed by atoms with Crippen molar-refractivity contribution in [1.82, 2.24) is 0 Å². The summed E-state index contributed by atoms with van der Waals surface area (Å²) in [6.45, 7) is 0. The Kier molecular flexibility index (Phi) is 6.04. The van der Waals surface area contributed by atoms with E-state index in [9.17, 15) is 0 Å². The molecule has 0 saturated heterocycles. The van der Waals surface area contributed by atoms with Gasteiger partial charge in [0.25, 0.3) is 0 Å². The largest absolute Gasteiger partial charge is 0.456 e. The summed E-state index contributed by atoms with van der Waals surface area (Å²) < 4.78 is 6.53. The summed E-state index contributed by atoms with van der Waals surface area (Å²) in [5.74, 6) is 3.39. The zero-order chi connectivity index (χ0) is 35.2. The lowest BCUT2D eigenvalue weighted by atomic mass is 9.43. The van der Waals surface area contributed by atoms with Gasteiger partial charge in [0.2, 0.25) is 0 Å². The summed E-state index contributed by atoms with van der Waals surface area (Å²) in [5, 5.41) is 2.34. The second-order valence-corrected chi connectivity index (χ2v) is 18.0. The van der Waals surface area contributed by atoms with Gasteiger partial charge >= 0.3 is 0 Å². The zero-order valence-electron chi connectivity index (χ0n) is 30.9. The van der Waals surface area contributed by atoms with E-state index in [1.54, 1.807) is 16.7 Å². The van der Waals surface area contributed by atoms with Gasteiger partial charge in [-0.3, -0.25) is 0 Å². The maximum Gasteiger partial charge on any atom is 0.137 e. The van der Waals surface area contributed by atoms with E-state index < -0.39 is 0 Å². The van der Waals surface area contributed by atoms with Crippen molar-refractivity contribution in [2.75, 3.05) is 4.90 Å². The molecule has 0 unspecified atom stereocenters. The summed E-state index contributed by atoms with van der Waals surface area (Å²) in [4.78, 5) is 2.56. The van der Waals surface area contributed by atoms with Crippen molar-refractivity contribution in [3.63, 3.8) is 0 Å². The molecule has 2 heteroatoms. The molecule has 4 bridgehead atoms. The summed E-state index contributed by atoms with van der Waals surface area (Å²) in [6, 6.07) is 49.1. The van der Waals surface area contributed by atoms with Crippen molar-refractivity contribution in [3.05, 3.63) is 150 Å². The van der Waals surface area contributed by atoms with Gasteiger partial charge < -0.3 is 9.32 Å². The fourth-order valence-electron chi connectivity index (χ4n) is 13.9. The van der Waals surface area contributed by atoms with Crippen LogP contribution >= 0.6 is 0 Å². The zero-order valence-corrected chi connectivity index (χ0v) is 30.9. The van der Waals surface area contributed by atoms with Crippen molar-refractivity contribution in [1.29, 1.82) is 0 Å². The summed E-state index contributed by atoms with van der Waals surface area (Å²) in [5.41, 5.74) is 17.8. The fourth-order valence-corrected chi connectivity index (χ4v) is 13.9. The highest BCUT2D eigenvalue weighted by Crippen LogP contribution is 2.69. The van der Waals surface area contributed by atoms with Gasteiger partial charge in [-0.1, -0.05) is 104 Å². The molecule has 1 aromatic heterocycles. The average molecular weight is 700 g/mol. The Balaban J connectivity index is 1.05. The first-order valence-corrected chi connectivity index (χ1v) is 20.9. The van der Waals surface area contributed by atoms with Crippen LogP contribution < -0.4 is 4.90 Å². The van der Waals surface area contributed by atoms with Gasteiger partial charge in [-0.25, -0.2) is 0 Å². The number of rotatable bonds is 3. The van der Waals surface area contributed by atoms with Crippen molar-refractivity contribution in [2.45, 2.75) is 75.0 Å². The van der Waals surface area contributed by atoms with Gasteiger partial charge in [0.15, 0.2) is 0 Å². The lowest BCUT2D eigenvalue weighted by Gasteiger charge is -2.61. The Morgan fingerprint density at radius 1 is 0.481 bits per heavy atom. The Morgan fingerprint density at radius 3 is 1.81 bits per heavy atom. The van der Waals surface area contributed by atoms with Crippen LogP contribution in [0.3, 0.4) is 0 Å². The first-order chi connectivity index (χ1) is 26.7. The third-order valence-electron chi connectivity index (χ3n) is 15.6. The molecule has 14 rings (SSSR count). The molecule has 1 heterocycles. The molecule has 0 atom stereocenters. The second-order valence-electron chi connectivity index (χ2n) is 18.0. The Bertz CT molecular complexity index is 2660. The standard InChI is InChI=1S/C52H45NO/c1-8-23-51(24-9-1)43-14-5-2-11-38(43)41-30-36(19-21-44(41)51)53(47-16-10-18-49-50(47)40-13-4-7-17-48(40)54-49)37-20-22-46-42(31-37)39-12-3-6-15-45(39)52(46)34-26-32-25-33(28-34)29-35(52)27-32/h2-7,10-22,30-35H,1,8-9,23-29H2.